The van der Waals surface area contributed by atoms with Crippen LogP contribution in [-0.2, 0) is 0 Å². The van der Waals surface area contributed by atoms with Crippen molar-refractivity contribution >= 4 is 11.8 Å². The molecule has 14 heavy (non-hydrogen) atoms. The maximum Gasteiger partial charge on any atom is 0.175 e. The fourth-order valence-corrected chi connectivity index (χ4v) is 1.83. The van der Waals surface area contributed by atoms with Crippen molar-refractivity contribution in [1.82, 2.24) is 0 Å². The molecule has 0 amide bonds. The summed E-state index contributed by atoms with van der Waals surface area (Å²) in [5, 5.41) is 0. The number of rotatable bonds is 4. The van der Waals surface area contributed by atoms with E-state index in [1.54, 1.807) is 18.9 Å². The van der Waals surface area contributed by atoms with Gasteiger partial charge < -0.3 is 9.47 Å². The summed E-state index contributed by atoms with van der Waals surface area (Å²) in [5.74, 6) is 1.74. The highest BCUT2D eigenvalue weighted by Crippen LogP contribution is 2.40. The van der Waals surface area contributed by atoms with E-state index in [9.17, 15) is 0 Å². The summed E-state index contributed by atoms with van der Waals surface area (Å²) in [6.45, 7) is 0. The van der Waals surface area contributed by atoms with Gasteiger partial charge in [0.25, 0.3) is 0 Å². The zero-order valence-electron chi connectivity index (χ0n) is 8.45. The first-order chi connectivity index (χ1) is 6.85. The maximum atomic E-state index is 5.82. The lowest BCUT2D eigenvalue weighted by atomic mass is 10.3. The fraction of sp³-hybridized carbons (Fsp3) is 0.455. The molecule has 0 atom stereocenters. The molecule has 1 fully saturated rings. The Bertz CT molecular complexity index is 299. The molecule has 1 aromatic carbocycles. The van der Waals surface area contributed by atoms with Crippen molar-refractivity contribution in [3.8, 4) is 11.5 Å². The second kappa shape index (κ2) is 4.13. The number of benzene rings is 1. The predicted octanol–water partition coefficient (Wildman–Crippen LogP) is 2.96. The largest absolute Gasteiger partial charge is 0.493 e. The van der Waals surface area contributed by atoms with Crippen molar-refractivity contribution in [1.29, 1.82) is 0 Å². The first-order valence-electron chi connectivity index (χ1n) is 4.73. The van der Waals surface area contributed by atoms with Crippen LogP contribution in [-0.4, -0.2) is 19.5 Å². The van der Waals surface area contributed by atoms with Crippen LogP contribution in [0.2, 0.25) is 0 Å². The van der Waals surface area contributed by atoms with E-state index >= 15 is 0 Å². The number of ether oxygens (including phenoxy) is 2. The molecule has 3 heteroatoms. The second-order valence-corrected chi connectivity index (χ2v) is 4.16. The third-order valence-corrected chi connectivity index (χ3v) is 2.95. The van der Waals surface area contributed by atoms with Gasteiger partial charge in [-0.1, -0.05) is 6.07 Å². The molecule has 0 N–H and O–H groups in total. The third kappa shape index (κ3) is 1.98. The quantitative estimate of drug-likeness (QED) is 0.712. The molecule has 2 nitrogen and oxygen atoms in total. The highest BCUT2D eigenvalue weighted by Gasteiger charge is 2.26. The minimum absolute atomic E-state index is 0.414. The van der Waals surface area contributed by atoms with Crippen LogP contribution in [0.3, 0.4) is 0 Å². The second-order valence-electron chi connectivity index (χ2n) is 3.31. The Morgan fingerprint density at radius 1 is 1.36 bits per heavy atom. The van der Waals surface area contributed by atoms with E-state index < -0.39 is 0 Å². The topological polar surface area (TPSA) is 18.5 Å². The lowest BCUT2D eigenvalue weighted by Crippen LogP contribution is -1.99. The molecule has 0 aromatic heterocycles. The van der Waals surface area contributed by atoms with E-state index in [-0.39, 0.29) is 0 Å². The van der Waals surface area contributed by atoms with E-state index in [0.717, 1.165) is 16.4 Å². The van der Waals surface area contributed by atoms with Gasteiger partial charge in [0.2, 0.25) is 0 Å². The van der Waals surface area contributed by atoms with Gasteiger partial charge in [0.1, 0.15) is 0 Å². The van der Waals surface area contributed by atoms with Crippen molar-refractivity contribution in [2.75, 3.05) is 13.4 Å². The lowest BCUT2D eigenvalue weighted by molar-refractivity contribution is 0.275. The molecule has 0 bridgehead atoms. The summed E-state index contributed by atoms with van der Waals surface area (Å²) in [7, 11) is 1.68. The number of thioether (sulfide) groups is 1. The van der Waals surface area contributed by atoms with Gasteiger partial charge in [-0.25, -0.2) is 0 Å². The van der Waals surface area contributed by atoms with Crippen molar-refractivity contribution in [3.63, 3.8) is 0 Å². The van der Waals surface area contributed by atoms with E-state index in [2.05, 4.69) is 12.3 Å². The Morgan fingerprint density at radius 3 is 2.71 bits per heavy atom. The zero-order valence-corrected chi connectivity index (χ0v) is 9.26. The van der Waals surface area contributed by atoms with E-state index in [4.69, 9.17) is 9.47 Å². The summed E-state index contributed by atoms with van der Waals surface area (Å²) >= 11 is 1.69. The van der Waals surface area contributed by atoms with E-state index in [1.807, 2.05) is 12.1 Å². The van der Waals surface area contributed by atoms with Gasteiger partial charge in [-0.15, -0.1) is 11.8 Å². The summed E-state index contributed by atoms with van der Waals surface area (Å²) in [5.41, 5.74) is 0. The summed E-state index contributed by atoms with van der Waals surface area (Å²) < 4.78 is 11.1. The van der Waals surface area contributed by atoms with Crippen LogP contribution in [0.15, 0.2) is 23.1 Å². The Balaban J connectivity index is 2.29. The number of methoxy groups -OCH3 is 1. The maximum absolute atomic E-state index is 5.82. The van der Waals surface area contributed by atoms with Gasteiger partial charge in [-0.05, 0) is 31.2 Å². The summed E-state index contributed by atoms with van der Waals surface area (Å²) in [6.07, 6.45) is 4.81. The standard InChI is InChI=1S/C11H14O2S/c1-12-9-4-3-5-10(14-2)11(9)13-8-6-7-8/h3-5,8H,6-7H2,1-2H3. The highest BCUT2D eigenvalue weighted by atomic mass is 32.2. The third-order valence-electron chi connectivity index (χ3n) is 2.19. The van der Waals surface area contributed by atoms with Gasteiger partial charge in [0.15, 0.2) is 11.5 Å². The van der Waals surface area contributed by atoms with E-state index in [1.165, 1.54) is 12.8 Å². The van der Waals surface area contributed by atoms with Gasteiger partial charge in [-0.3, -0.25) is 0 Å². The van der Waals surface area contributed by atoms with Crippen LogP contribution in [0, 0.1) is 0 Å². The molecule has 2 rings (SSSR count). The van der Waals surface area contributed by atoms with Gasteiger partial charge >= 0.3 is 0 Å². The average molecular weight is 210 g/mol. The van der Waals surface area contributed by atoms with Crippen molar-refractivity contribution in [2.45, 2.75) is 23.8 Å². The Hall–Kier alpha value is -0.830. The Labute approximate surface area is 88.6 Å². The normalized spacial score (nSPS) is 15.3. The Morgan fingerprint density at radius 2 is 2.14 bits per heavy atom. The molecule has 76 valence electrons. The molecule has 0 heterocycles. The van der Waals surface area contributed by atoms with Crippen LogP contribution in [0.4, 0.5) is 0 Å². The summed E-state index contributed by atoms with van der Waals surface area (Å²) in [4.78, 5) is 1.15. The highest BCUT2D eigenvalue weighted by molar-refractivity contribution is 7.98. The molecule has 0 radical (unpaired) electrons. The molecular weight excluding hydrogens is 196 g/mol. The van der Waals surface area contributed by atoms with Crippen LogP contribution >= 0.6 is 11.8 Å². The van der Waals surface area contributed by atoms with Crippen molar-refractivity contribution in [3.05, 3.63) is 18.2 Å². The number of hydrogen-bond acceptors (Lipinski definition) is 3. The van der Waals surface area contributed by atoms with Crippen LogP contribution in [0.25, 0.3) is 0 Å². The first-order valence-corrected chi connectivity index (χ1v) is 5.95. The first kappa shape index (κ1) is 9.71. The number of hydrogen-bond donors (Lipinski definition) is 0. The number of para-hydroxylation sites is 1. The molecule has 1 aliphatic carbocycles. The Kier molecular flexibility index (Phi) is 2.87. The molecular formula is C11H14O2S. The molecule has 1 aliphatic rings. The monoisotopic (exact) mass is 210 g/mol. The van der Waals surface area contributed by atoms with E-state index in [0.29, 0.717) is 6.10 Å². The van der Waals surface area contributed by atoms with Gasteiger partial charge in [-0.2, -0.15) is 0 Å². The molecule has 1 saturated carbocycles. The average Bonchev–Trinajstić information content (AvgIpc) is 3.02. The van der Waals surface area contributed by atoms with Crippen LogP contribution in [0.1, 0.15) is 12.8 Å². The minimum Gasteiger partial charge on any atom is -0.493 e. The zero-order chi connectivity index (χ0) is 9.97. The fourth-order valence-electron chi connectivity index (χ4n) is 1.29. The van der Waals surface area contributed by atoms with Crippen molar-refractivity contribution < 1.29 is 9.47 Å². The molecule has 0 unspecified atom stereocenters. The summed E-state index contributed by atoms with van der Waals surface area (Å²) in [6, 6.07) is 5.99. The smallest absolute Gasteiger partial charge is 0.175 e. The SMILES string of the molecule is COc1cccc(SC)c1OC1CC1. The van der Waals surface area contributed by atoms with Crippen LogP contribution in [0.5, 0.6) is 11.5 Å². The molecule has 0 spiro atoms. The van der Waals surface area contributed by atoms with Crippen LogP contribution < -0.4 is 9.47 Å². The van der Waals surface area contributed by atoms with Gasteiger partial charge in [0, 0.05) is 0 Å². The minimum atomic E-state index is 0.414. The molecule has 0 aliphatic heterocycles. The van der Waals surface area contributed by atoms with Crippen molar-refractivity contribution in [2.24, 2.45) is 0 Å². The predicted molar refractivity (Wildman–Crippen MR) is 58.4 cm³/mol. The molecule has 1 aromatic rings. The molecule has 0 saturated heterocycles. The lowest BCUT2D eigenvalue weighted by Gasteiger charge is -2.12. The van der Waals surface area contributed by atoms with Gasteiger partial charge in [0.05, 0.1) is 18.1 Å².